The van der Waals surface area contributed by atoms with Crippen molar-refractivity contribution in [1.82, 2.24) is 4.90 Å². The summed E-state index contributed by atoms with van der Waals surface area (Å²) in [6, 6.07) is 0.597. The SMILES string of the molecule is CCC(N(C)C)C1(C)C(C)=C(C)C(C)=[C]1[Ti].Cl.Cl. The van der Waals surface area contributed by atoms with E-state index in [1.54, 1.807) is 9.45 Å². The van der Waals surface area contributed by atoms with Crippen LogP contribution in [0.5, 0.6) is 0 Å². The zero-order chi connectivity index (χ0) is 12.7. The molecule has 2 atom stereocenters. The third kappa shape index (κ3) is 3.07. The van der Waals surface area contributed by atoms with Crippen molar-refractivity contribution in [2.45, 2.75) is 47.1 Å². The van der Waals surface area contributed by atoms with Gasteiger partial charge in [-0.25, -0.2) is 0 Å². The van der Waals surface area contributed by atoms with Crippen LogP contribution in [0.1, 0.15) is 41.0 Å². The smallest absolute Gasteiger partial charge is 0.147 e. The number of hydrogen-bond donors (Lipinski definition) is 0. The molecule has 1 rings (SSSR count). The molecule has 0 saturated carbocycles. The van der Waals surface area contributed by atoms with Gasteiger partial charge in [-0.15, -0.1) is 24.8 Å². The quantitative estimate of drug-likeness (QED) is 0.697. The Morgan fingerprint density at radius 1 is 1.11 bits per heavy atom. The zero-order valence-electron chi connectivity index (χ0n) is 12.5. The van der Waals surface area contributed by atoms with Gasteiger partial charge in [0.1, 0.15) is 0 Å². The topological polar surface area (TPSA) is 3.24 Å². The summed E-state index contributed by atoms with van der Waals surface area (Å²) in [5, 5.41) is 0. The summed E-state index contributed by atoms with van der Waals surface area (Å²) < 4.78 is 1.56. The van der Waals surface area contributed by atoms with Crippen molar-refractivity contribution in [2.75, 3.05) is 14.1 Å². The number of hydrogen-bond acceptors (Lipinski definition) is 1. The molecule has 0 aromatic carbocycles. The summed E-state index contributed by atoms with van der Waals surface area (Å²) in [4.78, 5) is 2.37. The van der Waals surface area contributed by atoms with Gasteiger partial charge in [-0.1, -0.05) is 0 Å². The molecule has 0 aromatic heterocycles. The van der Waals surface area contributed by atoms with Gasteiger partial charge in [0.2, 0.25) is 0 Å². The molecule has 0 bridgehead atoms. The van der Waals surface area contributed by atoms with Gasteiger partial charge < -0.3 is 0 Å². The van der Waals surface area contributed by atoms with Gasteiger partial charge in [-0.05, 0) is 0 Å². The minimum Gasteiger partial charge on any atom is -0.147 e. The maximum atomic E-state index is 2.41. The largest absolute Gasteiger partial charge is 0.147 e. The van der Waals surface area contributed by atoms with Crippen molar-refractivity contribution in [3.8, 4) is 0 Å². The van der Waals surface area contributed by atoms with Crippen molar-refractivity contribution in [3.63, 3.8) is 0 Å². The first-order valence-electron chi connectivity index (χ1n) is 6.06. The Labute approximate surface area is 137 Å². The van der Waals surface area contributed by atoms with E-state index >= 15 is 0 Å². The van der Waals surface area contributed by atoms with Gasteiger partial charge in [-0.2, -0.15) is 0 Å². The summed E-state index contributed by atoms with van der Waals surface area (Å²) in [6.07, 6.45) is 1.19. The zero-order valence-corrected chi connectivity index (χ0v) is 15.7. The van der Waals surface area contributed by atoms with Crippen LogP contribution in [-0.4, -0.2) is 25.0 Å². The summed E-state index contributed by atoms with van der Waals surface area (Å²) in [5.74, 6) is 0. The van der Waals surface area contributed by atoms with Gasteiger partial charge in [0.15, 0.2) is 0 Å². The van der Waals surface area contributed by atoms with Crippen molar-refractivity contribution < 1.29 is 20.4 Å². The monoisotopic (exact) mass is 326 g/mol. The van der Waals surface area contributed by atoms with Gasteiger partial charge in [0.25, 0.3) is 0 Å². The number of halogens is 2. The van der Waals surface area contributed by atoms with Crippen LogP contribution in [-0.2, 0) is 20.4 Å². The Hall–Kier alpha value is 0.734. The second kappa shape index (κ2) is 7.50. The molecule has 1 aliphatic rings. The van der Waals surface area contributed by atoms with Gasteiger partial charge in [0, 0.05) is 0 Å². The molecule has 0 fully saturated rings. The molecule has 105 valence electrons. The molecule has 2 unspecified atom stereocenters. The molecule has 0 radical (unpaired) electrons. The van der Waals surface area contributed by atoms with Crippen LogP contribution in [0.2, 0.25) is 0 Å². The second-order valence-corrected chi connectivity index (χ2v) is 6.12. The maximum Gasteiger partial charge on any atom is -0.147 e. The van der Waals surface area contributed by atoms with Crippen molar-refractivity contribution in [1.29, 1.82) is 0 Å². The van der Waals surface area contributed by atoms with Gasteiger partial charge in [0.05, 0.1) is 0 Å². The van der Waals surface area contributed by atoms with E-state index in [0.717, 1.165) is 0 Å². The van der Waals surface area contributed by atoms with Gasteiger partial charge >= 0.3 is 113 Å². The molecule has 1 aliphatic carbocycles. The number of rotatable bonds is 3. The van der Waals surface area contributed by atoms with Crippen LogP contribution in [0.3, 0.4) is 0 Å². The van der Waals surface area contributed by atoms with Crippen LogP contribution in [0, 0.1) is 5.41 Å². The molecular formula is C14H26Cl2NTi. The van der Waals surface area contributed by atoms with Crippen molar-refractivity contribution in [2.24, 2.45) is 5.41 Å². The van der Waals surface area contributed by atoms with E-state index in [-0.39, 0.29) is 30.2 Å². The molecule has 0 amide bonds. The molecule has 1 nitrogen and oxygen atoms in total. The average Bonchev–Trinajstić information content (AvgIpc) is 2.36. The van der Waals surface area contributed by atoms with Crippen LogP contribution >= 0.6 is 24.8 Å². The second-order valence-electron chi connectivity index (χ2n) is 5.34. The predicted molar refractivity (Wildman–Crippen MR) is 81.4 cm³/mol. The standard InChI is InChI=1S/C14H24N.2ClH.Ti/c1-8-13(15(6)7)14(5)9-10(2)11(3)12(14)4;;;/h13H,8H2,1-7H3;2*1H;. The van der Waals surface area contributed by atoms with Crippen LogP contribution in [0.15, 0.2) is 20.6 Å². The summed E-state index contributed by atoms with van der Waals surface area (Å²) in [6.45, 7) is 11.5. The summed E-state index contributed by atoms with van der Waals surface area (Å²) in [5.41, 5.74) is 4.79. The van der Waals surface area contributed by atoms with E-state index in [4.69, 9.17) is 0 Å². The Balaban J connectivity index is 0. The minimum absolute atomic E-state index is 0. The van der Waals surface area contributed by atoms with Gasteiger partial charge in [-0.3, -0.25) is 0 Å². The van der Waals surface area contributed by atoms with Crippen molar-refractivity contribution >= 4 is 24.8 Å². The molecule has 0 aromatic rings. The van der Waals surface area contributed by atoms with E-state index in [1.165, 1.54) is 17.6 Å². The van der Waals surface area contributed by atoms with E-state index in [0.29, 0.717) is 6.04 Å². The number of nitrogens with zero attached hydrogens (tertiary/aromatic N) is 1. The van der Waals surface area contributed by atoms with Crippen LogP contribution in [0.25, 0.3) is 0 Å². The predicted octanol–water partition coefficient (Wildman–Crippen LogP) is 4.35. The third-order valence-electron chi connectivity index (χ3n) is 4.47. The van der Waals surface area contributed by atoms with Crippen molar-refractivity contribution in [3.05, 3.63) is 20.6 Å². The summed E-state index contributed by atoms with van der Waals surface area (Å²) in [7, 11) is 4.39. The Bertz CT molecular complexity index is 335. The number of allylic oxidation sites excluding steroid dienone is 2. The first-order valence-corrected chi connectivity index (χ1v) is 6.84. The fraction of sp³-hybridized carbons (Fsp3) is 0.714. The Kier molecular flexibility index (Phi) is 8.77. The fourth-order valence-corrected chi connectivity index (χ4v) is 3.99. The van der Waals surface area contributed by atoms with E-state index in [1.807, 2.05) is 0 Å². The van der Waals surface area contributed by atoms with Crippen LogP contribution in [0.4, 0.5) is 0 Å². The molecule has 0 saturated heterocycles. The third-order valence-corrected chi connectivity index (χ3v) is 5.87. The normalized spacial score (nSPS) is 25.1. The molecular weight excluding hydrogens is 301 g/mol. The van der Waals surface area contributed by atoms with E-state index in [2.05, 4.69) is 74.0 Å². The first-order chi connectivity index (χ1) is 7.28. The molecule has 0 N–H and O–H groups in total. The first kappa shape index (κ1) is 21.0. The molecule has 4 heteroatoms. The van der Waals surface area contributed by atoms with E-state index in [9.17, 15) is 0 Å². The Morgan fingerprint density at radius 2 is 1.56 bits per heavy atom. The Morgan fingerprint density at radius 3 is 1.78 bits per heavy atom. The minimum atomic E-state index is 0. The molecule has 0 spiro atoms. The average molecular weight is 327 g/mol. The van der Waals surface area contributed by atoms with Crippen LogP contribution < -0.4 is 0 Å². The maximum absolute atomic E-state index is 2.41. The molecule has 0 heterocycles. The molecule has 18 heavy (non-hydrogen) atoms. The molecule has 0 aliphatic heterocycles. The fourth-order valence-electron chi connectivity index (χ4n) is 3.14. The van der Waals surface area contributed by atoms with E-state index < -0.39 is 0 Å². The summed E-state index contributed by atoms with van der Waals surface area (Å²) >= 11 is 2.31.